The molecule has 0 fully saturated rings. The standard InChI is InChI=1S/C15H12ClFN6OS/c16-13-11(2-1-7-19-13)20-12(24)8-25-15-22-21-14(23(15)18)9-3-5-10(17)6-4-9/h1-7H,8,18H2,(H,20,24). The van der Waals surface area contributed by atoms with Gasteiger partial charge in [0.1, 0.15) is 5.82 Å². The van der Waals surface area contributed by atoms with Crippen LogP contribution in [0.5, 0.6) is 0 Å². The molecule has 128 valence electrons. The van der Waals surface area contributed by atoms with Gasteiger partial charge in [-0.1, -0.05) is 23.4 Å². The minimum Gasteiger partial charge on any atom is -0.335 e. The van der Waals surface area contributed by atoms with E-state index in [1.54, 1.807) is 24.3 Å². The van der Waals surface area contributed by atoms with Gasteiger partial charge >= 0.3 is 0 Å². The van der Waals surface area contributed by atoms with E-state index in [0.29, 0.717) is 22.2 Å². The van der Waals surface area contributed by atoms with E-state index in [9.17, 15) is 9.18 Å². The zero-order chi connectivity index (χ0) is 17.8. The number of anilines is 1. The molecule has 0 saturated heterocycles. The molecule has 25 heavy (non-hydrogen) atoms. The van der Waals surface area contributed by atoms with Crippen LogP contribution in [-0.2, 0) is 4.79 Å². The van der Waals surface area contributed by atoms with Crippen LogP contribution in [0.4, 0.5) is 10.1 Å². The van der Waals surface area contributed by atoms with Crippen molar-refractivity contribution < 1.29 is 9.18 Å². The number of hydrogen-bond acceptors (Lipinski definition) is 6. The summed E-state index contributed by atoms with van der Waals surface area (Å²) in [5.74, 6) is 5.74. The van der Waals surface area contributed by atoms with Crippen molar-refractivity contribution in [1.29, 1.82) is 0 Å². The number of nitrogens with zero attached hydrogens (tertiary/aromatic N) is 4. The van der Waals surface area contributed by atoms with E-state index >= 15 is 0 Å². The van der Waals surface area contributed by atoms with Crippen molar-refractivity contribution in [3.8, 4) is 11.4 Å². The van der Waals surface area contributed by atoms with Gasteiger partial charge in [0.2, 0.25) is 11.1 Å². The molecule has 1 aromatic carbocycles. The molecule has 0 unspecified atom stereocenters. The predicted octanol–water partition coefficient (Wildman–Crippen LogP) is 2.58. The highest BCUT2D eigenvalue weighted by Gasteiger charge is 2.14. The molecule has 0 bridgehead atoms. The van der Waals surface area contributed by atoms with Gasteiger partial charge in [-0.3, -0.25) is 4.79 Å². The number of thioether (sulfide) groups is 1. The van der Waals surface area contributed by atoms with Crippen molar-refractivity contribution in [2.75, 3.05) is 16.9 Å². The number of carbonyl (C=O) groups excluding carboxylic acids is 1. The van der Waals surface area contributed by atoms with Crippen LogP contribution in [-0.4, -0.2) is 31.5 Å². The summed E-state index contributed by atoms with van der Waals surface area (Å²) in [6.07, 6.45) is 1.53. The maximum Gasteiger partial charge on any atom is 0.234 e. The van der Waals surface area contributed by atoms with Crippen LogP contribution in [0.2, 0.25) is 5.15 Å². The number of pyridine rings is 1. The lowest BCUT2D eigenvalue weighted by Crippen LogP contribution is -2.16. The second-order valence-corrected chi connectivity index (χ2v) is 6.16. The van der Waals surface area contributed by atoms with Crippen LogP contribution in [0.25, 0.3) is 11.4 Å². The fraction of sp³-hybridized carbons (Fsp3) is 0.0667. The van der Waals surface area contributed by atoms with E-state index in [2.05, 4.69) is 20.5 Å². The Morgan fingerprint density at radius 1 is 1.28 bits per heavy atom. The number of carbonyl (C=O) groups is 1. The van der Waals surface area contributed by atoms with E-state index in [4.69, 9.17) is 17.4 Å². The molecular formula is C15H12ClFN6OS. The third-order valence-corrected chi connectivity index (χ3v) is 4.38. The summed E-state index contributed by atoms with van der Waals surface area (Å²) in [7, 11) is 0. The summed E-state index contributed by atoms with van der Waals surface area (Å²) < 4.78 is 14.2. The van der Waals surface area contributed by atoms with Gasteiger partial charge < -0.3 is 11.2 Å². The Balaban J connectivity index is 1.65. The van der Waals surface area contributed by atoms with Crippen LogP contribution in [0.15, 0.2) is 47.8 Å². The van der Waals surface area contributed by atoms with Crippen molar-refractivity contribution >= 4 is 35.0 Å². The van der Waals surface area contributed by atoms with Crippen molar-refractivity contribution in [3.63, 3.8) is 0 Å². The van der Waals surface area contributed by atoms with E-state index in [1.165, 1.54) is 23.0 Å². The maximum absolute atomic E-state index is 13.0. The average molecular weight is 379 g/mol. The molecule has 0 radical (unpaired) electrons. The molecule has 7 nitrogen and oxygen atoms in total. The Hall–Kier alpha value is -2.65. The summed E-state index contributed by atoms with van der Waals surface area (Å²) in [5.41, 5.74) is 1.05. The molecule has 0 saturated carbocycles. The SMILES string of the molecule is Nn1c(SCC(=O)Nc2cccnc2Cl)nnc1-c1ccc(F)cc1. The zero-order valence-electron chi connectivity index (χ0n) is 12.7. The minimum atomic E-state index is -0.354. The highest BCUT2D eigenvalue weighted by Crippen LogP contribution is 2.22. The molecule has 0 atom stereocenters. The third-order valence-electron chi connectivity index (χ3n) is 3.13. The van der Waals surface area contributed by atoms with Gasteiger partial charge in [-0.15, -0.1) is 10.2 Å². The van der Waals surface area contributed by atoms with Gasteiger partial charge in [0, 0.05) is 11.8 Å². The lowest BCUT2D eigenvalue weighted by molar-refractivity contribution is -0.113. The van der Waals surface area contributed by atoms with Gasteiger partial charge in [-0.25, -0.2) is 14.1 Å². The van der Waals surface area contributed by atoms with Crippen LogP contribution in [0.3, 0.4) is 0 Å². The normalized spacial score (nSPS) is 10.6. The molecule has 10 heteroatoms. The summed E-state index contributed by atoms with van der Waals surface area (Å²) in [6.45, 7) is 0. The van der Waals surface area contributed by atoms with E-state index in [1.807, 2.05) is 0 Å². The Labute approximate surface area is 151 Å². The third kappa shape index (κ3) is 4.06. The first-order chi connectivity index (χ1) is 12.0. The molecule has 0 aliphatic carbocycles. The topological polar surface area (TPSA) is 98.7 Å². The molecular weight excluding hydrogens is 367 g/mol. The summed E-state index contributed by atoms with van der Waals surface area (Å²) in [4.78, 5) is 15.9. The second kappa shape index (κ2) is 7.49. The fourth-order valence-corrected chi connectivity index (χ4v) is 2.79. The smallest absolute Gasteiger partial charge is 0.234 e. The molecule has 3 aromatic rings. The Bertz CT molecular complexity index is 901. The van der Waals surface area contributed by atoms with Gasteiger partial charge in [0.15, 0.2) is 11.0 Å². The number of aromatic nitrogens is 4. The summed E-state index contributed by atoms with van der Waals surface area (Å²) in [5, 5.41) is 11.1. The largest absolute Gasteiger partial charge is 0.335 e. The molecule has 0 aliphatic heterocycles. The highest BCUT2D eigenvalue weighted by atomic mass is 35.5. The summed E-state index contributed by atoms with van der Waals surface area (Å²) >= 11 is 7.00. The minimum absolute atomic E-state index is 0.0595. The number of benzene rings is 1. The molecule has 2 heterocycles. The van der Waals surface area contributed by atoms with E-state index in [-0.39, 0.29) is 22.6 Å². The van der Waals surface area contributed by atoms with Crippen LogP contribution in [0, 0.1) is 5.82 Å². The predicted molar refractivity (Wildman–Crippen MR) is 94.2 cm³/mol. The van der Waals surface area contributed by atoms with Crippen LogP contribution < -0.4 is 11.2 Å². The Morgan fingerprint density at radius 3 is 2.76 bits per heavy atom. The van der Waals surface area contributed by atoms with Gasteiger partial charge in [-0.2, -0.15) is 0 Å². The number of amides is 1. The lowest BCUT2D eigenvalue weighted by Gasteiger charge is -2.06. The number of rotatable bonds is 5. The number of hydrogen-bond donors (Lipinski definition) is 2. The average Bonchev–Trinajstić information content (AvgIpc) is 2.97. The molecule has 3 N–H and O–H groups in total. The first kappa shape index (κ1) is 17.2. The lowest BCUT2D eigenvalue weighted by atomic mass is 10.2. The molecule has 2 aromatic heterocycles. The maximum atomic E-state index is 13.0. The van der Waals surface area contributed by atoms with Gasteiger partial charge in [-0.05, 0) is 36.4 Å². The van der Waals surface area contributed by atoms with Crippen molar-refractivity contribution in [2.45, 2.75) is 5.16 Å². The Morgan fingerprint density at radius 2 is 2.04 bits per heavy atom. The molecule has 0 spiro atoms. The summed E-state index contributed by atoms with van der Waals surface area (Å²) in [6, 6.07) is 9.03. The van der Waals surface area contributed by atoms with Crippen LogP contribution >= 0.6 is 23.4 Å². The molecule has 0 aliphatic rings. The number of nitrogens with two attached hydrogens (primary N) is 1. The Kier molecular flexibility index (Phi) is 5.15. The highest BCUT2D eigenvalue weighted by molar-refractivity contribution is 7.99. The first-order valence-electron chi connectivity index (χ1n) is 7.04. The monoisotopic (exact) mass is 378 g/mol. The van der Waals surface area contributed by atoms with Crippen molar-refractivity contribution in [1.82, 2.24) is 19.9 Å². The zero-order valence-corrected chi connectivity index (χ0v) is 14.3. The fourth-order valence-electron chi connectivity index (χ4n) is 1.97. The first-order valence-corrected chi connectivity index (χ1v) is 8.40. The van der Waals surface area contributed by atoms with Gasteiger partial charge in [0.25, 0.3) is 0 Å². The number of halogens is 2. The van der Waals surface area contributed by atoms with E-state index in [0.717, 1.165) is 11.8 Å². The van der Waals surface area contributed by atoms with E-state index < -0.39 is 0 Å². The quantitative estimate of drug-likeness (QED) is 0.402. The molecule has 3 rings (SSSR count). The molecule has 1 amide bonds. The van der Waals surface area contributed by atoms with Crippen LogP contribution in [0.1, 0.15) is 0 Å². The van der Waals surface area contributed by atoms with Crippen molar-refractivity contribution in [3.05, 3.63) is 53.6 Å². The van der Waals surface area contributed by atoms with Gasteiger partial charge in [0.05, 0.1) is 11.4 Å². The number of nitrogens with one attached hydrogen (secondary N) is 1. The number of nitrogen functional groups attached to an aromatic ring is 1. The van der Waals surface area contributed by atoms with Crippen molar-refractivity contribution in [2.24, 2.45) is 0 Å². The second-order valence-electron chi connectivity index (χ2n) is 4.86.